The molecule has 2 aromatic carbocycles. The molecule has 0 saturated carbocycles. The maximum atomic E-state index is 10.3. The minimum atomic E-state index is -0.956. The predicted octanol–water partition coefficient (Wildman–Crippen LogP) is 1.93. The smallest absolute Gasteiger partial charge is 0.160 e. The summed E-state index contributed by atoms with van der Waals surface area (Å²) in [7, 11) is 4.56. The summed E-state index contributed by atoms with van der Waals surface area (Å²) >= 11 is 0. The van der Waals surface area contributed by atoms with E-state index in [-0.39, 0.29) is 18.6 Å². The van der Waals surface area contributed by atoms with Crippen LogP contribution in [0.15, 0.2) is 36.4 Å². The van der Waals surface area contributed by atoms with Gasteiger partial charge in [-0.3, -0.25) is 0 Å². The van der Waals surface area contributed by atoms with Crippen molar-refractivity contribution in [3.05, 3.63) is 47.5 Å². The highest BCUT2D eigenvalue weighted by Crippen LogP contribution is 2.29. The molecule has 0 bridgehead atoms. The third-order valence-corrected chi connectivity index (χ3v) is 4.03. The topological polar surface area (TPSA) is 88.4 Å². The Morgan fingerprint density at radius 1 is 0.720 bits per heavy atom. The van der Waals surface area contributed by atoms with Crippen LogP contribution in [0.3, 0.4) is 0 Å². The van der Waals surface area contributed by atoms with Gasteiger partial charge in [-0.05, 0) is 35.4 Å². The van der Waals surface area contributed by atoms with Gasteiger partial charge in [0.15, 0.2) is 23.0 Å². The maximum absolute atomic E-state index is 10.3. The fourth-order valence-corrected chi connectivity index (χ4v) is 2.61. The Balaban J connectivity index is 2.04. The summed E-state index contributed by atoms with van der Waals surface area (Å²) in [5.74, 6) is 1.55. The Morgan fingerprint density at radius 2 is 1.20 bits per heavy atom. The first-order valence-corrected chi connectivity index (χ1v) is 7.91. The number of aromatic hydroxyl groups is 1. The Bertz CT molecular complexity index is 700. The lowest BCUT2D eigenvalue weighted by molar-refractivity contribution is 0.0205. The highest BCUT2D eigenvalue weighted by Gasteiger charge is 2.19. The van der Waals surface area contributed by atoms with E-state index in [9.17, 15) is 15.3 Å². The maximum Gasteiger partial charge on any atom is 0.160 e. The van der Waals surface area contributed by atoms with Crippen molar-refractivity contribution >= 4 is 0 Å². The lowest BCUT2D eigenvalue weighted by atomic mass is 9.98. The van der Waals surface area contributed by atoms with Crippen molar-refractivity contribution < 1.29 is 29.5 Å². The highest BCUT2D eigenvalue weighted by molar-refractivity contribution is 5.43. The van der Waals surface area contributed by atoms with E-state index in [4.69, 9.17) is 14.2 Å². The molecule has 0 heterocycles. The zero-order valence-corrected chi connectivity index (χ0v) is 14.6. The fourth-order valence-electron chi connectivity index (χ4n) is 2.61. The van der Waals surface area contributed by atoms with Crippen LogP contribution in [-0.2, 0) is 12.8 Å². The number of phenolic OH excluding ortho intramolecular Hbond substituents is 1. The number of benzene rings is 2. The predicted molar refractivity (Wildman–Crippen MR) is 93.6 cm³/mol. The quantitative estimate of drug-likeness (QED) is 0.676. The number of hydrogen-bond donors (Lipinski definition) is 3. The van der Waals surface area contributed by atoms with Crippen molar-refractivity contribution in [2.75, 3.05) is 21.3 Å². The number of methoxy groups -OCH3 is 3. The molecule has 0 aliphatic heterocycles. The van der Waals surface area contributed by atoms with Crippen molar-refractivity contribution in [1.29, 1.82) is 0 Å². The summed E-state index contributed by atoms with van der Waals surface area (Å²) in [5.41, 5.74) is 1.58. The number of rotatable bonds is 8. The molecule has 0 aromatic heterocycles. The molecule has 0 spiro atoms. The van der Waals surface area contributed by atoms with Gasteiger partial charge in [0.2, 0.25) is 0 Å². The second-order valence-electron chi connectivity index (χ2n) is 5.74. The summed E-state index contributed by atoms with van der Waals surface area (Å²) in [6, 6.07) is 10.2. The van der Waals surface area contributed by atoms with Crippen molar-refractivity contribution in [3.8, 4) is 23.0 Å². The van der Waals surface area contributed by atoms with E-state index in [0.717, 1.165) is 11.1 Å². The van der Waals surface area contributed by atoms with Crippen molar-refractivity contribution in [2.45, 2.75) is 25.0 Å². The van der Waals surface area contributed by atoms with E-state index >= 15 is 0 Å². The molecule has 2 atom stereocenters. The highest BCUT2D eigenvalue weighted by atomic mass is 16.5. The van der Waals surface area contributed by atoms with Crippen LogP contribution in [0.4, 0.5) is 0 Å². The monoisotopic (exact) mass is 348 g/mol. The molecule has 0 amide bonds. The number of aliphatic hydroxyl groups is 2. The molecule has 2 unspecified atom stereocenters. The average molecular weight is 348 g/mol. The van der Waals surface area contributed by atoms with Gasteiger partial charge in [0.25, 0.3) is 0 Å². The lowest BCUT2D eigenvalue weighted by Crippen LogP contribution is -2.30. The second-order valence-corrected chi connectivity index (χ2v) is 5.74. The molecule has 6 heteroatoms. The van der Waals surface area contributed by atoms with Crippen LogP contribution in [-0.4, -0.2) is 48.9 Å². The third kappa shape index (κ3) is 4.78. The Hall–Kier alpha value is -2.44. The zero-order valence-electron chi connectivity index (χ0n) is 14.6. The molecular weight excluding hydrogens is 324 g/mol. The van der Waals surface area contributed by atoms with E-state index in [2.05, 4.69) is 0 Å². The molecule has 0 saturated heterocycles. The molecule has 0 fully saturated rings. The van der Waals surface area contributed by atoms with Crippen LogP contribution in [0.1, 0.15) is 11.1 Å². The number of hydrogen-bond acceptors (Lipinski definition) is 6. The van der Waals surface area contributed by atoms with E-state index in [1.54, 1.807) is 38.5 Å². The molecule has 2 aromatic rings. The standard InChI is InChI=1S/C19H24O6/c1-23-17-7-5-13(11-19(17)25-3)9-16(22)15(21)8-12-4-6-14(20)18(10-12)24-2/h4-7,10-11,15-16,20-22H,8-9H2,1-3H3. The van der Waals surface area contributed by atoms with E-state index in [0.29, 0.717) is 17.2 Å². The van der Waals surface area contributed by atoms with Crippen LogP contribution in [0.5, 0.6) is 23.0 Å². The SMILES string of the molecule is COc1cc(CC(O)C(O)Cc2ccc(OC)c(OC)c2)ccc1O. The van der Waals surface area contributed by atoms with Gasteiger partial charge in [-0.15, -0.1) is 0 Å². The molecular formula is C19H24O6. The molecule has 2 rings (SSSR count). The fraction of sp³-hybridized carbons (Fsp3) is 0.368. The third-order valence-electron chi connectivity index (χ3n) is 4.03. The molecule has 136 valence electrons. The van der Waals surface area contributed by atoms with Gasteiger partial charge in [-0.1, -0.05) is 12.1 Å². The first-order chi connectivity index (χ1) is 12.0. The summed E-state index contributed by atoms with van der Waals surface area (Å²) in [6.45, 7) is 0. The van der Waals surface area contributed by atoms with E-state index in [1.165, 1.54) is 13.2 Å². The Kier molecular flexibility index (Phi) is 6.50. The van der Waals surface area contributed by atoms with Crippen molar-refractivity contribution in [2.24, 2.45) is 0 Å². The molecule has 6 nitrogen and oxygen atoms in total. The summed E-state index contributed by atoms with van der Waals surface area (Å²) in [6.07, 6.45) is -1.39. The minimum Gasteiger partial charge on any atom is -0.504 e. The zero-order chi connectivity index (χ0) is 18.4. The van der Waals surface area contributed by atoms with Crippen LogP contribution in [0.2, 0.25) is 0 Å². The van der Waals surface area contributed by atoms with Gasteiger partial charge in [0.1, 0.15) is 0 Å². The number of phenols is 1. The number of aliphatic hydroxyl groups excluding tert-OH is 2. The van der Waals surface area contributed by atoms with Gasteiger partial charge in [-0.25, -0.2) is 0 Å². The molecule has 3 N–H and O–H groups in total. The number of ether oxygens (including phenoxy) is 3. The van der Waals surface area contributed by atoms with Crippen LogP contribution < -0.4 is 14.2 Å². The summed E-state index contributed by atoms with van der Waals surface area (Å²) in [5, 5.41) is 30.2. The lowest BCUT2D eigenvalue weighted by Gasteiger charge is -2.19. The normalized spacial score (nSPS) is 13.2. The molecule has 0 radical (unpaired) electrons. The largest absolute Gasteiger partial charge is 0.504 e. The van der Waals surface area contributed by atoms with Crippen molar-refractivity contribution in [1.82, 2.24) is 0 Å². The average Bonchev–Trinajstić information content (AvgIpc) is 2.62. The van der Waals surface area contributed by atoms with Crippen LogP contribution in [0, 0.1) is 0 Å². The second kappa shape index (κ2) is 8.60. The summed E-state index contributed by atoms with van der Waals surface area (Å²) in [4.78, 5) is 0. The van der Waals surface area contributed by atoms with Crippen LogP contribution in [0.25, 0.3) is 0 Å². The Labute approximate surface area is 147 Å². The molecule has 0 aliphatic rings. The molecule has 0 aliphatic carbocycles. The van der Waals surface area contributed by atoms with E-state index in [1.807, 2.05) is 6.07 Å². The van der Waals surface area contributed by atoms with Gasteiger partial charge in [0, 0.05) is 12.8 Å². The minimum absolute atomic E-state index is 0.0339. The van der Waals surface area contributed by atoms with Gasteiger partial charge in [-0.2, -0.15) is 0 Å². The first kappa shape index (κ1) is 18.9. The van der Waals surface area contributed by atoms with Crippen molar-refractivity contribution in [3.63, 3.8) is 0 Å². The first-order valence-electron chi connectivity index (χ1n) is 7.91. The van der Waals surface area contributed by atoms with Crippen LogP contribution >= 0.6 is 0 Å². The summed E-state index contributed by atoms with van der Waals surface area (Å²) < 4.78 is 15.5. The molecule has 25 heavy (non-hydrogen) atoms. The Morgan fingerprint density at radius 3 is 1.72 bits per heavy atom. The van der Waals surface area contributed by atoms with Gasteiger partial charge in [0.05, 0.1) is 33.5 Å². The van der Waals surface area contributed by atoms with E-state index < -0.39 is 12.2 Å². The van der Waals surface area contributed by atoms with Gasteiger partial charge >= 0.3 is 0 Å². The van der Waals surface area contributed by atoms with Gasteiger partial charge < -0.3 is 29.5 Å².